The van der Waals surface area contributed by atoms with Crippen LogP contribution >= 0.6 is 0 Å². The van der Waals surface area contributed by atoms with Gasteiger partial charge in [-0.15, -0.1) is 10.2 Å². The molecule has 0 saturated carbocycles. The number of piperazine rings is 1. The fraction of sp³-hybridized carbons (Fsp3) is 0.500. The summed E-state index contributed by atoms with van der Waals surface area (Å²) in [5, 5.41) is 16.4. The van der Waals surface area contributed by atoms with E-state index in [1.165, 1.54) is 0 Å². The Kier molecular flexibility index (Phi) is 4.46. The van der Waals surface area contributed by atoms with Crippen LogP contribution in [0.5, 0.6) is 0 Å². The summed E-state index contributed by atoms with van der Waals surface area (Å²) in [4.78, 5) is 25.6. The third-order valence-electron chi connectivity index (χ3n) is 3.24. The number of hydrogen-bond acceptors (Lipinski definition) is 6. The Morgan fingerprint density at radius 3 is 2.40 bits per heavy atom. The zero-order chi connectivity index (χ0) is 14.5. The highest BCUT2D eigenvalue weighted by Gasteiger charge is 2.18. The summed E-state index contributed by atoms with van der Waals surface area (Å²) in [5.41, 5.74) is 5.26. The number of aliphatic carboxylic acids is 1. The third kappa shape index (κ3) is 3.64. The lowest BCUT2D eigenvalue weighted by Gasteiger charge is -2.34. The number of nitrogens with zero attached hydrogens (tertiary/aromatic N) is 4. The first-order valence-corrected chi connectivity index (χ1v) is 6.39. The van der Waals surface area contributed by atoms with Crippen molar-refractivity contribution in [3.05, 3.63) is 17.8 Å². The van der Waals surface area contributed by atoms with E-state index >= 15 is 0 Å². The summed E-state index contributed by atoms with van der Waals surface area (Å²) in [7, 11) is 0. The van der Waals surface area contributed by atoms with E-state index < -0.39 is 11.9 Å². The zero-order valence-corrected chi connectivity index (χ0v) is 11.0. The molecule has 1 aromatic rings. The second-order valence-electron chi connectivity index (χ2n) is 4.61. The van der Waals surface area contributed by atoms with Crippen LogP contribution in [-0.2, 0) is 4.79 Å². The maximum Gasteiger partial charge on any atom is 0.304 e. The van der Waals surface area contributed by atoms with Gasteiger partial charge < -0.3 is 15.7 Å². The molecule has 1 aromatic heterocycles. The van der Waals surface area contributed by atoms with E-state index in [-0.39, 0.29) is 12.1 Å². The second kappa shape index (κ2) is 6.29. The Balaban J connectivity index is 1.87. The summed E-state index contributed by atoms with van der Waals surface area (Å²) in [6.45, 7) is 3.64. The first-order chi connectivity index (χ1) is 9.56. The van der Waals surface area contributed by atoms with Crippen molar-refractivity contribution < 1.29 is 14.7 Å². The average Bonchev–Trinajstić information content (AvgIpc) is 2.46. The normalized spacial score (nSPS) is 16.1. The van der Waals surface area contributed by atoms with Crippen molar-refractivity contribution >= 4 is 17.7 Å². The molecule has 20 heavy (non-hydrogen) atoms. The van der Waals surface area contributed by atoms with Gasteiger partial charge in [-0.25, -0.2) is 0 Å². The molecule has 108 valence electrons. The van der Waals surface area contributed by atoms with E-state index in [1.807, 2.05) is 0 Å². The van der Waals surface area contributed by atoms with Gasteiger partial charge in [0.2, 0.25) is 0 Å². The molecule has 0 aromatic carbocycles. The molecule has 8 nitrogen and oxygen atoms in total. The highest BCUT2D eigenvalue weighted by atomic mass is 16.4. The summed E-state index contributed by atoms with van der Waals surface area (Å²) < 4.78 is 0. The van der Waals surface area contributed by atoms with Gasteiger partial charge in [0.05, 0.1) is 6.42 Å². The monoisotopic (exact) mass is 279 g/mol. The van der Waals surface area contributed by atoms with Crippen LogP contribution < -0.4 is 10.6 Å². The molecule has 0 atom stereocenters. The van der Waals surface area contributed by atoms with Crippen LogP contribution in [-0.4, -0.2) is 64.8 Å². The quantitative estimate of drug-likeness (QED) is 0.723. The molecule has 0 unspecified atom stereocenters. The van der Waals surface area contributed by atoms with Crippen LogP contribution in [0, 0.1) is 0 Å². The number of hydrogen-bond donors (Lipinski definition) is 2. The molecular formula is C12H17N5O3. The second-order valence-corrected chi connectivity index (χ2v) is 4.61. The van der Waals surface area contributed by atoms with Gasteiger partial charge in [-0.3, -0.25) is 14.5 Å². The molecule has 8 heteroatoms. The van der Waals surface area contributed by atoms with Gasteiger partial charge in [0.1, 0.15) is 0 Å². The molecule has 1 aliphatic rings. The van der Waals surface area contributed by atoms with E-state index in [1.54, 1.807) is 12.1 Å². The lowest BCUT2D eigenvalue weighted by Crippen LogP contribution is -2.47. The van der Waals surface area contributed by atoms with Crippen LogP contribution in [0.25, 0.3) is 0 Å². The van der Waals surface area contributed by atoms with Crippen LogP contribution in [0.15, 0.2) is 12.1 Å². The maximum absolute atomic E-state index is 10.9. The summed E-state index contributed by atoms with van der Waals surface area (Å²) in [6.07, 6.45) is 0.160. The van der Waals surface area contributed by atoms with Gasteiger partial charge in [0.15, 0.2) is 11.5 Å². The fourth-order valence-corrected chi connectivity index (χ4v) is 2.08. The Bertz CT molecular complexity index is 482. The molecule has 2 heterocycles. The van der Waals surface area contributed by atoms with E-state index in [0.29, 0.717) is 12.4 Å². The van der Waals surface area contributed by atoms with Crippen LogP contribution in [0.1, 0.15) is 16.9 Å². The van der Waals surface area contributed by atoms with Crippen molar-refractivity contribution in [3.8, 4) is 0 Å². The lowest BCUT2D eigenvalue weighted by molar-refractivity contribution is -0.137. The van der Waals surface area contributed by atoms with Crippen molar-refractivity contribution in [1.82, 2.24) is 15.1 Å². The van der Waals surface area contributed by atoms with Crippen LogP contribution in [0.4, 0.5) is 5.82 Å². The number of primary amides is 1. The fourth-order valence-electron chi connectivity index (χ4n) is 2.08. The summed E-state index contributed by atoms with van der Waals surface area (Å²) in [5.74, 6) is -0.671. The summed E-state index contributed by atoms with van der Waals surface area (Å²) in [6, 6.07) is 3.28. The van der Waals surface area contributed by atoms with Gasteiger partial charge in [-0.2, -0.15) is 0 Å². The molecule has 1 saturated heterocycles. The van der Waals surface area contributed by atoms with Crippen LogP contribution in [0.3, 0.4) is 0 Å². The summed E-state index contributed by atoms with van der Waals surface area (Å²) >= 11 is 0. The largest absolute Gasteiger partial charge is 0.481 e. The molecule has 0 radical (unpaired) electrons. The Hall–Kier alpha value is -2.22. The zero-order valence-electron chi connectivity index (χ0n) is 11.0. The smallest absolute Gasteiger partial charge is 0.304 e. The Morgan fingerprint density at radius 2 is 1.90 bits per heavy atom. The molecular weight excluding hydrogens is 262 g/mol. The molecule has 3 N–H and O–H groups in total. The molecule has 1 aliphatic heterocycles. The van der Waals surface area contributed by atoms with Gasteiger partial charge >= 0.3 is 5.97 Å². The molecule has 0 aliphatic carbocycles. The highest BCUT2D eigenvalue weighted by molar-refractivity contribution is 5.90. The van der Waals surface area contributed by atoms with Crippen molar-refractivity contribution in [1.29, 1.82) is 0 Å². The number of aromatic nitrogens is 2. The Labute approximate surface area is 116 Å². The Morgan fingerprint density at radius 1 is 1.20 bits per heavy atom. The van der Waals surface area contributed by atoms with Crippen molar-refractivity contribution in [3.63, 3.8) is 0 Å². The van der Waals surface area contributed by atoms with Gasteiger partial charge in [-0.05, 0) is 12.1 Å². The average molecular weight is 279 g/mol. The predicted molar refractivity (Wildman–Crippen MR) is 71.5 cm³/mol. The van der Waals surface area contributed by atoms with Gasteiger partial charge in [0, 0.05) is 32.7 Å². The first kappa shape index (κ1) is 14.2. The minimum Gasteiger partial charge on any atom is -0.481 e. The number of carbonyl (C=O) groups excluding carboxylic acids is 1. The number of anilines is 1. The molecule has 0 bridgehead atoms. The number of carboxylic acids is 1. The number of rotatable bonds is 5. The molecule has 1 fully saturated rings. The third-order valence-corrected chi connectivity index (χ3v) is 3.24. The van der Waals surface area contributed by atoms with Gasteiger partial charge in [-0.1, -0.05) is 0 Å². The lowest BCUT2D eigenvalue weighted by atomic mass is 10.2. The SMILES string of the molecule is NC(=O)c1ccc(N2CCN(CCC(=O)O)CC2)nn1. The van der Waals surface area contributed by atoms with E-state index in [0.717, 1.165) is 26.2 Å². The predicted octanol–water partition coefficient (Wildman–Crippen LogP) is -0.828. The van der Waals surface area contributed by atoms with Crippen molar-refractivity contribution in [2.45, 2.75) is 6.42 Å². The van der Waals surface area contributed by atoms with Crippen molar-refractivity contribution in [2.75, 3.05) is 37.6 Å². The van der Waals surface area contributed by atoms with Crippen LogP contribution in [0.2, 0.25) is 0 Å². The van der Waals surface area contributed by atoms with E-state index in [2.05, 4.69) is 20.0 Å². The first-order valence-electron chi connectivity index (χ1n) is 6.39. The number of amides is 1. The van der Waals surface area contributed by atoms with Gasteiger partial charge in [0.25, 0.3) is 5.91 Å². The number of carboxylic acid groups (broad SMARTS) is 1. The molecule has 0 spiro atoms. The minimum atomic E-state index is -0.777. The topological polar surface area (TPSA) is 113 Å². The highest BCUT2D eigenvalue weighted by Crippen LogP contribution is 2.12. The number of carbonyl (C=O) groups is 2. The number of nitrogens with two attached hydrogens (primary N) is 1. The molecule has 1 amide bonds. The maximum atomic E-state index is 10.9. The minimum absolute atomic E-state index is 0.147. The van der Waals surface area contributed by atoms with E-state index in [4.69, 9.17) is 10.8 Å². The molecule has 2 rings (SSSR count). The standard InChI is InChI=1S/C12H17N5O3/c13-12(20)9-1-2-10(15-14-9)17-7-5-16(6-8-17)4-3-11(18)19/h1-2H,3-8H2,(H2,13,20)(H,18,19). The van der Waals surface area contributed by atoms with E-state index in [9.17, 15) is 9.59 Å². The van der Waals surface area contributed by atoms with Crippen molar-refractivity contribution in [2.24, 2.45) is 5.73 Å².